The molecule has 4 heteroatoms. The molecule has 152 valence electrons. The van der Waals surface area contributed by atoms with E-state index >= 15 is 0 Å². The third-order valence-corrected chi connectivity index (χ3v) is 8.44. The van der Waals surface area contributed by atoms with E-state index in [4.69, 9.17) is 0 Å². The molecule has 1 aliphatic heterocycles. The number of carbonyl (C=O) groups excluding carboxylic acids is 1. The molecule has 1 N–H and O–H groups in total. The zero-order valence-electron chi connectivity index (χ0n) is 16.6. The van der Waals surface area contributed by atoms with E-state index in [0.29, 0.717) is 25.3 Å². The Morgan fingerprint density at radius 3 is 2.68 bits per heavy atom. The summed E-state index contributed by atoms with van der Waals surface area (Å²) in [6.45, 7) is 0.818. The maximum atomic E-state index is 14.4. The number of hydrogen-bond acceptors (Lipinski definition) is 2. The van der Waals surface area contributed by atoms with Gasteiger partial charge in [0.25, 0.3) is 0 Å². The van der Waals surface area contributed by atoms with E-state index in [1.54, 1.807) is 0 Å². The number of Topliss-reactive ketones (excluding diaryl/α,β-unsaturated/α-hetero) is 1. The van der Waals surface area contributed by atoms with Gasteiger partial charge < -0.3 is 5.32 Å². The van der Waals surface area contributed by atoms with Crippen LogP contribution >= 0.6 is 0 Å². The van der Waals surface area contributed by atoms with Crippen molar-refractivity contribution >= 4 is 5.78 Å². The molecule has 4 saturated carbocycles. The van der Waals surface area contributed by atoms with Gasteiger partial charge in [-0.05, 0) is 74.3 Å². The monoisotopic (exact) mass is 387 g/mol. The van der Waals surface area contributed by atoms with Crippen molar-refractivity contribution in [3.05, 3.63) is 35.9 Å². The number of nitrogens with one attached hydrogen (secondary N) is 1. The maximum absolute atomic E-state index is 14.4. The minimum absolute atomic E-state index is 0.0777. The van der Waals surface area contributed by atoms with Gasteiger partial charge in [-0.1, -0.05) is 30.3 Å². The van der Waals surface area contributed by atoms with Gasteiger partial charge in [-0.15, -0.1) is 0 Å². The summed E-state index contributed by atoms with van der Waals surface area (Å²) in [6, 6.07) is 10.5. The molecule has 6 atom stereocenters. The van der Waals surface area contributed by atoms with Gasteiger partial charge in [-0.25, -0.2) is 4.39 Å². The molecule has 1 heterocycles. The molecule has 6 rings (SSSR count). The van der Waals surface area contributed by atoms with E-state index in [-0.39, 0.29) is 29.2 Å². The molecule has 4 aliphatic carbocycles. The number of alkyl halides is 2. The Bertz CT molecular complexity index is 754. The molecule has 1 aromatic rings. The number of benzene rings is 1. The lowest BCUT2D eigenvalue weighted by Gasteiger charge is -2.66. The van der Waals surface area contributed by atoms with E-state index < -0.39 is 11.6 Å². The molecule has 1 saturated heterocycles. The summed E-state index contributed by atoms with van der Waals surface area (Å²) in [5.41, 5.74) is 0.408. The van der Waals surface area contributed by atoms with Crippen molar-refractivity contribution < 1.29 is 13.6 Å². The molecule has 0 aromatic heterocycles. The van der Waals surface area contributed by atoms with Crippen LogP contribution in [0.3, 0.4) is 0 Å². The van der Waals surface area contributed by atoms with Gasteiger partial charge in [0.05, 0.1) is 6.67 Å². The summed E-state index contributed by atoms with van der Waals surface area (Å²) >= 11 is 0. The Morgan fingerprint density at radius 1 is 1.11 bits per heavy atom. The van der Waals surface area contributed by atoms with Crippen LogP contribution in [0.15, 0.2) is 30.3 Å². The van der Waals surface area contributed by atoms with E-state index in [9.17, 15) is 13.6 Å². The average Bonchev–Trinajstić information content (AvgIpc) is 2.69. The maximum Gasteiger partial charge on any atom is 0.139 e. The third kappa shape index (κ3) is 2.86. The van der Waals surface area contributed by atoms with Crippen LogP contribution in [0.5, 0.6) is 0 Å². The molecular formula is C24H31F2NO. The Balaban J connectivity index is 1.48. The van der Waals surface area contributed by atoms with Crippen LogP contribution in [0.4, 0.5) is 8.78 Å². The Labute approximate surface area is 166 Å². The zero-order chi connectivity index (χ0) is 19.4. The Morgan fingerprint density at radius 2 is 1.93 bits per heavy atom. The molecule has 4 bridgehead atoms. The summed E-state index contributed by atoms with van der Waals surface area (Å²) in [5.74, 6) is 0.477. The zero-order valence-corrected chi connectivity index (χ0v) is 16.6. The largest absolute Gasteiger partial charge is 0.314 e. The smallest absolute Gasteiger partial charge is 0.139 e. The summed E-state index contributed by atoms with van der Waals surface area (Å²) in [4.78, 5) is 13.6. The highest BCUT2D eigenvalue weighted by molar-refractivity contribution is 5.86. The van der Waals surface area contributed by atoms with Gasteiger partial charge in [0.15, 0.2) is 0 Å². The molecule has 2 nitrogen and oxygen atoms in total. The van der Waals surface area contributed by atoms with Crippen LogP contribution in [0.25, 0.3) is 0 Å². The lowest BCUT2D eigenvalue weighted by atomic mass is 9.38. The Hall–Kier alpha value is -1.29. The van der Waals surface area contributed by atoms with Crippen LogP contribution in [0, 0.1) is 22.7 Å². The van der Waals surface area contributed by atoms with Crippen molar-refractivity contribution in [2.24, 2.45) is 22.7 Å². The van der Waals surface area contributed by atoms with Gasteiger partial charge in [-0.2, -0.15) is 0 Å². The molecular weight excluding hydrogens is 356 g/mol. The molecule has 5 fully saturated rings. The topological polar surface area (TPSA) is 29.1 Å². The SMILES string of the molecule is O=C(C[C@@H]1CCNC[C@@H]1F)C12CC3C[C@@](CF)(C1)C[C@](c1ccccc1)(C3)C2. The van der Waals surface area contributed by atoms with Gasteiger partial charge in [0, 0.05) is 23.8 Å². The van der Waals surface area contributed by atoms with Crippen molar-refractivity contribution in [3.8, 4) is 0 Å². The summed E-state index contributed by atoms with van der Waals surface area (Å²) < 4.78 is 28.8. The first-order chi connectivity index (χ1) is 13.5. The summed E-state index contributed by atoms with van der Waals surface area (Å²) in [7, 11) is 0. The second-order valence-electron chi connectivity index (χ2n) is 10.5. The van der Waals surface area contributed by atoms with E-state index in [2.05, 4.69) is 29.6 Å². The lowest BCUT2D eigenvalue weighted by molar-refractivity contribution is -0.164. The third-order valence-electron chi connectivity index (χ3n) is 8.44. The highest BCUT2D eigenvalue weighted by Gasteiger charge is 2.65. The fourth-order valence-electron chi connectivity index (χ4n) is 7.77. The minimum atomic E-state index is -0.940. The van der Waals surface area contributed by atoms with Crippen molar-refractivity contribution in [2.75, 3.05) is 19.8 Å². The predicted molar refractivity (Wildman–Crippen MR) is 106 cm³/mol. The van der Waals surface area contributed by atoms with Crippen LogP contribution in [-0.2, 0) is 10.2 Å². The van der Waals surface area contributed by atoms with Crippen LogP contribution < -0.4 is 5.32 Å². The first kappa shape index (κ1) is 18.7. The van der Waals surface area contributed by atoms with Gasteiger partial charge in [0.1, 0.15) is 12.0 Å². The van der Waals surface area contributed by atoms with E-state index in [1.807, 2.05) is 6.07 Å². The molecule has 0 radical (unpaired) electrons. The van der Waals surface area contributed by atoms with E-state index in [1.165, 1.54) is 5.56 Å². The standard InChI is InChI=1S/C24H31F2NO/c25-16-22-9-17-10-23(13-22,19-4-2-1-3-5-19)15-24(11-17,14-22)21(28)8-18-6-7-27-12-20(18)26/h1-5,17-18,20,27H,6-16H2/t17?,18-,20-,22-,23+,24?/m0/s1. The number of rotatable bonds is 5. The highest BCUT2D eigenvalue weighted by Crippen LogP contribution is 2.70. The number of hydrogen-bond donors (Lipinski definition) is 1. The quantitative estimate of drug-likeness (QED) is 0.788. The molecule has 5 aliphatic rings. The van der Waals surface area contributed by atoms with Crippen molar-refractivity contribution in [3.63, 3.8) is 0 Å². The minimum Gasteiger partial charge on any atom is -0.314 e. The summed E-state index contributed by atoms with van der Waals surface area (Å²) in [6.07, 6.45) is 5.40. The highest BCUT2D eigenvalue weighted by atomic mass is 19.1. The Kier molecular flexibility index (Phi) is 4.42. The fraction of sp³-hybridized carbons (Fsp3) is 0.708. The van der Waals surface area contributed by atoms with Crippen molar-refractivity contribution in [1.29, 1.82) is 0 Å². The van der Waals surface area contributed by atoms with Crippen LogP contribution in [0.2, 0.25) is 0 Å². The molecule has 2 unspecified atom stereocenters. The second kappa shape index (κ2) is 6.62. The van der Waals surface area contributed by atoms with Crippen molar-refractivity contribution in [2.45, 2.75) is 63.0 Å². The van der Waals surface area contributed by atoms with Crippen LogP contribution in [-0.4, -0.2) is 31.7 Å². The van der Waals surface area contributed by atoms with Gasteiger partial charge in [-0.3, -0.25) is 9.18 Å². The number of ketones is 1. The summed E-state index contributed by atoms with van der Waals surface area (Å²) in [5, 5.41) is 3.08. The predicted octanol–water partition coefficient (Wildman–Crippen LogP) is 4.77. The van der Waals surface area contributed by atoms with Gasteiger partial charge >= 0.3 is 0 Å². The molecule has 0 amide bonds. The molecule has 1 aromatic carbocycles. The normalized spacial score (nSPS) is 44.6. The number of piperidine rings is 1. The fourth-order valence-corrected chi connectivity index (χ4v) is 7.77. The number of carbonyl (C=O) groups is 1. The number of halogens is 2. The first-order valence-corrected chi connectivity index (χ1v) is 11.0. The van der Waals surface area contributed by atoms with Gasteiger partial charge in [0.2, 0.25) is 0 Å². The van der Waals surface area contributed by atoms with Crippen molar-refractivity contribution in [1.82, 2.24) is 5.32 Å². The molecule has 0 spiro atoms. The lowest BCUT2D eigenvalue weighted by Crippen LogP contribution is -2.61. The first-order valence-electron chi connectivity index (χ1n) is 11.0. The second-order valence-corrected chi connectivity index (χ2v) is 10.5. The average molecular weight is 388 g/mol. The van der Waals surface area contributed by atoms with Crippen LogP contribution in [0.1, 0.15) is 56.9 Å². The molecule has 28 heavy (non-hydrogen) atoms. The van der Waals surface area contributed by atoms with E-state index in [0.717, 1.165) is 45.1 Å².